The Morgan fingerprint density at radius 2 is 1.95 bits per heavy atom. The summed E-state index contributed by atoms with van der Waals surface area (Å²) in [6.07, 6.45) is 0.783. The smallest absolute Gasteiger partial charge is 0.233 e. The Morgan fingerprint density at radius 3 is 2.65 bits per heavy atom. The third-order valence-electron chi connectivity index (χ3n) is 3.29. The molecule has 0 saturated carbocycles. The first-order chi connectivity index (χ1) is 9.63. The number of halogens is 2. The van der Waals surface area contributed by atoms with E-state index in [0.29, 0.717) is 40.5 Å². The first-order valence-corrected chi connectivity index (χ1v) is 7.02. The van der Waals surface area contributed by atoms with E-state index in [4.69, 9.17) is 38.2 Å². The van der Waals surface area contributed by atoms with Gasteiger partial charge in [-0.05, 0) is 24.6 Å². The molecular formula is C13H13Cl2N3O2. The van der Waals surface area contributed by atoms with E-state index >= 15 is 0 Å². The van der Waals surface area contributed by atoms with Crippen LogP contribution in [0.15, 0.2) is 22.7 Å². The van der Waals surface area contributed by atoms with Crippen molar-refractivity contribution < 1.29 is 9.26 Å². The molecule has 0 amide bonds. The highest BCUT2D eigenvalue weighted by Crippen LogP contribution is 2.28. The summed E-state index contributed by atoms with van der Waals surface area (Å²) < 4.78 is 10.7. The van der Waals surface area contributed by atoms with Gasteiger partial charge in [-0.25, -0.2) is 0 Å². The molecule has 1 aliphatic heterocycles. The molecule has 1 aliphatic rings. The summed E-state index contributed by atoms with van der Waals surface area (Å²) >= 11 is 11.9. The molecule has 3 rings (SSSR count). The maximum Gasteiger partial charge on any atom is 0.233 e. The largest absolute Gasteiger partial charge is 0.381 e. The second-order valence-corrected chi connectivity index (χ2v) is 5.62. The Morgan fingerprint density at radius 1 is 1.20 bits per heavy atom. The number of nitrogens with zero attached hydrogens (tertiary/aromatic N) is 2. The lowest BCUT2D eigenvalue weighted by Gasteiger charge is -2.25. The van der Waals surface area contributed by atoms with Crippen molar-refractivity contribution in [1.82, 2.24) is 10.1 Å². The van der Waals surface area contributed by atoms with Crippen LogP contribution in [0.1, 0.15) is 18.2 Å². The van der Waals surface area contributed by atoms with Crippen molar-refractivity contribution in [3.8, 4) is 11.4 Å². The molecule has 1 fully saturated rings. The molecule has 0 bridgehead atoms. The molecule has 1 aromatic carbocycles. The molecule has 1 saturated heterocycles. The number of benzene rings is 1. The number of hydrogen-bond donors (Lipinski definition) is 1. The van der Waals surface area contributed by atoms with Crippen LogP contribution in [-0.4, -0.2) is 29.4 Å². The molecule has 2 atom stereocenters. The summed E-state index contributed by atoms with van der Waals surface area (Å²) in [5, 5.41) is 5.01. The van der Waals surface area contributed by atoms with Crippen LogP contribution in [0.5, 0.6) is 0 Å². The van der Waals surface area contributed by atoms with E-state index in [-0.39, 0.29) is 12.0 Å². The van der Waals surface area contributed by atoms with Gasteiger partial charge in [-0.3, -0.25) is 0 Å². The zero-order chi connectivity index (χ0) is 14.1. The van der Waals surface area contributed by atoms with E-state index < -0.39 is 0 Å². The summed E-state index contributed by atoms with van der Waals surface area (Å²) in [6.45, 7) is 1.17. The molecule has 0 spiro atoms. The van der Waals surface area contributed by atoms with Crippen LogP contribution in [0, 0.1) is 0 Å². The van der Waals surface area contributed by atoms with Crippen LogP contribution in [0.4, 0.5) is 0 Å². The fourth-order valence-corrected chi connectivity index (χ4v) is 2.72. The Kier molecular flexibility index (Phi) is 3.94. The first-order valence-electron chi connectivity index (χ1n) is 6.27. The zero-order valence-corrected chi connectivity index (χ0v) is 12.1. The van der Waals surface area contributed by atoms with Gasteiger partial charge in [0.2, 0.25) is 11.7 Å². The monoisotopic (exact) mass is 313 g/mol. The molecule has 7 heteroatoms. The fraction of sp³-hybridized carbons (Fsp3) is 0.385. The van der Waals surface area contributed by atoms with E-state index in [1.807, 2.05) is 0 Å². The van der Waals surface area contributed by atoms with Gasteiger partial charge < -0.3 is 15.0 Å². The summed E-state index contributed by atoms with van der Waals surface area (Å²) in [5.74, 6) is 0.866. The predicted molar refractivity (Wildman–Crippen MR) is 75.9 cm³/mol. The first kappa shape index (κ1) is 13.8. The number of aromatic nitrogens is 2. The Hall–Kier alpha value is -1.14. The molecule has 0 aliphatic carbocycles. The van der Waals surface area contributed by atoms with E-state index in [1.54, 1.807) is 18.2 Å². The van der Waals surface area contributed by atoms with Gasteiger partial charge in [0.25, 0.3) is 0 Å². The van der Waals surface area contributed by atoms with E-state index in [0.717, 1.165) is 6.42 Å². The van der Waals surface area contributed by atoms with Gasteiger partial charge >= 0.3 is 0 Å². The van der Waals surface area contributed by atoms with Gasteiger partial charge in [-0.2, -0.15) is 4.98 Å². The van der Waals surface area contributed by atoms with Gasteiger partial charge in [0.15, 0.2) is 0 Å². The molecule has 2 N–H and O–H groups in total. The van der Waals surface area contributed by atoms with Crippen molar-refractivity contribution in [3.05, 3.63) is 34.1 Å². The second-order valence-electron chi connectivity index (χ2n) is 4.75. The average Bonchev–Trinajstić information content (AvgIpc) is 2.87. The number of hydrogen-bond acceptors (Lipinski definition) is 5. The van der Waals surface area contributed by atoms with E-state index in [9.17, 15) is 0 Å². The SMILES string of the molecule is NC1CCOCC1c1nc(-c2cc(Cl)cc(Cl)c2)no1. The van der Waals surface area contributed by atoms with Crippen molar-refractivity contribution in [2.45, 2.75) is 18.4 Å². The lowest BCUT2D eigenvalue weighted by Crippen LogP contribution is -2.37. The second kappa shape index (κ2) is 5.69. The molecule has 5 nitrogen and oxygen atoms in total. The van der Waals surface area contributed by atoms with Gasteiger partial charge in [0.1, 0.15) is 0 Å². The number of nitrogens with two attached hydrogens (primary N) is 1. The topological polar surface area (TPSA) is 74.2 Å². The quantitative estimate of drug-likeness (QED) is 0.922. The maximum absolute atomic E-state index is 6.06. The van der Waals surface area contributed by atoms with Gasteiger partial charge in [-0.1, -0.05) is 28.4 Å². The highest BCUT2D eigenvalue weighted by Gasteiger charge is 2.29. The van der Waals surface area contributed by atoms with Gasteiger partial charge in [-0.15, -0.1) is 0 Å². The minimum atomic E-state index is -0.0698. The molecule has 2 aromatic rings. The third kappa shape index (κ3) is 2.81. The van der Waals surface area contributed by atoms with Crippen molar-refractivity contribution in [2.75, 3.05) is 13.2 Å². The van der Waals surface area contributed by atoms with Crippen LogP contribution in [0.2, 0.25) is 10.0 Å². The van der Waals surface area contributed by atoms with Crippen LogP contribution < -0.4 is 5.73 Å². The minimum absolute atomic E-state index is 0.0278. The molecule has 106 valence electrons. The Labute approximate surface area is 126 Å². The normalized spacial score (nSPS) is 22.9. The Balaban J connectivity index is 1.89. The summed E-state index contributed by atoms with van der Waals surface area (Å²) in [7, 11) is 0. The van der Waals surface area contributed by atoms with Crippen LogP contribution >= 0.6 is 23.2 Å². The van der Waals surface area contributed by atoms with E-state index in [2.05, 4.69) is 10.1 Å². The molecule has 2 unspecified atom stereocenters. The highest BCUT2D eigenvalue weighted by atomic mass is 35.5. The van der Waals surface area contributed by atoms with Gasteiger partial charge in [0.05, 0.1) is 12.5 Å². The minimum Gasteiger partial charge on any atom is -0.381 e. The summed E-state index contributed by atoms with van der Waals surface area (Å²) in [5.41, 5.74) is 6.77. The van der Waals surface area contributed by atoms with Crippen LogP contribution in [0.25, 0.3) is 11.4 Å². The summed E-state index contributed by atoms with van der Waals surface area (Å²) in [6, 6.07) is 5.09. The molecule has 20 heavy (non-hydrogen) atoms. The number of ether oxygens (including phenoxy) is 1. The zero-order valence-electron chi connectivity index (χ0n) is 10.6. The van der Waals surface area contributed by atoms with Crippen molar-refractivity contribution in [1.29, 1.82) is 0 Å². The molecule has 0 radical (unpaired) electrons. The molecule has 1 aromatic heterocycles. The molecule has 2 heterocycles. The standard InChI is InChI=1S/C13H13Cl2N3O2/c14-8-3-7(4-9(15)5-8)12-17-13(20-18-12)10-6-19-2-1-11(10)16/h3-5,10-11H,1-2,6,16H2. The lowest BCUT2D eigenvalue weighted by atomic mass is 9.97. The number of rotatable bonds is 2. The fourth-order valence-electron chi connectivity index (χ4n) is 2.19. The van der Waals surface area contributed by atoms with Crippen LogP contribution in [0.3, 0.4) is 0 Å². The van der Waals surface area contributed by atoms with Crippen molar-refractivity contribution in [3.63, 3.8) is 0 Å². The van der Waals surface area contributed by atoms with Crippen LogP contribution in [-0.2, 0) is 4.74 Å². The lowest BCUT2D eigenvalue weighted by molar-refractivity contribution is 0.0590. The highest BCUT2D eigenvalue weighted by molar-refractivity contribution is 6.35. The van der Waals surface area contributed by atoms with Crippen molar-refractivity contribution in [2.24, 2.45) is 5.73 Å². The third-order valence-corrected chi connectivity index (χ3v) is 3.73. The van der Waals surface area contributed by atoms with E-state index in [1.165, 1.54) is 0 Å². The summed E-state index contributed by atoms with van der Waals surface area (Å²) in [4.78, 5) is 4.38. The maximum atomic E-state index is 6.06. The average molecular weight is 314 g/mol. The van der Waals surface area contributed by atoms with Gasteiger partial charge in [0, 0.05) is 28.3 Å². The van der Waals surface area contributed by atoms with Crippen molar-refractivity contribution >= 4 is 23.2 Å². The predicted octanol–water partition coefficient (Wildman–Crippen LogP) is 2.87. The Bertz CT molecular complexity index is 597. The molecular weight excluding hydrogens is 301 g/mol.